The summed E-state index contributed by atoms with van der Waals surface area (Å²) in [6.45, 7) is 4.02. The van der Waals surface area contributed by atoms with Crippen LogP contribution in [0.2, 0.25) is 0 Å². The summed E-state index contributed by atoms with van der Waals surface area (Å²) in [5, 5.41) is 4.97. The van der Waals surface area contributed by atoms with Crippen LogP contribution in [-0.2, 0) is 4.79 Å². The van der Waals surface area contributed by atoms with Gasteiger partial charge in [-0.2, -0.15) is 0 Å². The fourth-order valence-corrected chi connectivity index (χ4v) is 2.25. The molecule has 1 aromatic heterocycles. The second-order valence-electron chi connectivity index (χ2n) is 4.21. The number of benzene rings is 1. The molecule has 0 aliphatic heterocycles. The molecule has 0 saturated carbocycles. The highest BCUT2D eigenvalue weighted by Crippen LogP contribution is 2.15. The van der Waals surface area contributed by atoms with E-state index >= 15 is 0 Å². The van der Waals surface area contributed by atoms with Crippen molar-refractivity contribution in [3.05, 3.63) is 53.2 Å². The van der Waals surface area contributed by atoms with Gasteiger partial charge in [0.25, 0.3) is 5.91 Å². The molecule has 0 spiro atoms. The van der Waals surface area contributed by atoms with Crippen LogP contribution in [0.4, 0.5) is 5.69 Å². The summed E-state index contributed by atoms with van der Waals surface area (Å²) in [7, 11) is 1.61. The number of hydrogen-bond acceptors (Lipinski definition) is 5. The quantitative estimate of drug-likeness (QED) is 0.688. The molecule has 0 bridgehead atoms. The molecule has 1 aromatic carbocycles. The van der Waals surface area contributed by atoms with E-state index in [-0.39, 0.29) is 12.5 Å². The molecule has 0 fully saturated rings. The molecule has 6 heteroatoms. The normalized spacial score (nSPS) is 9.76. The topological polar surface area (TPSA) is 62.4 Å². The first kappa shape index (κ1) is 14.9. The Labute approximate surface area is 127 Å². The highest BCUT2D eigenvalue weighted by molar-refractivity contribution is 7.11. The van der Waals surface area contributed by atoms with Gasteiger partial charge in [0, 0.05) is 5.69 Å². The average Bonchev–Trinajstić information content (AvgIpc) is 3.05. The van der Waals surface area contributed by atoms with Crippen molar-refractivity contribution in [3.63, 3.8) is 0 Å². The number of ether oxygens (including phenoxy) is 1. The SMILES string of the molecule is C=C(NNC(=O)CNc1ccc(OC)cc1)c1cccs1. The standard InChI is InChI=1S/C15H17N3O2S/c1-11(14-4-3-9-21-14)17-18-15(19)10-16-12-5-7-13(20-2)8-6-12/h3-9,16-17H,1,10H2,2H3,(H,18,19). The van der Waals surface area contributed by atoms with E-state index < -0.39 is 0 Å². The van der Waals surface area contributed by atoms with Gasteiger partial charge >= 0.3 is 0 Å². The van der Waals surface area contributed by atoms with Crippen molar-refractivity contribution in [2.75, 3.05) is 19.0 Å². The largest absolute Gasteiger partial charge is 0.497 e. The lowest BCUT2D eigenvalue weighted by Gasteiger charge is -2.11. The van der Waals surface area contributed by atoms with E-state index in [1.54, 1.807) is 18.4 Å². The molecule has 21 heavy (non-hydrogen) atoms. The van der Waals surface area contributed by atoms with Crippen LogP contribution in [0.5, 0.6) is 5.75 Å². The maximum atomic E-state index is 11.7. The van der Waals surface area contributed by atoms with Crippen LogP contribution in [0.1, 0.15) is 4.88 Å². The van der Waals surface area contributed by atoms with Crippen LogP contribution in [-0.4, -0.2) is 19.6 Å². The zero-order chi connectivity index (χ0) is 15.1. The number of amides is 1. The summed E-state index contributed by atoms with van der Waals surface area (Å²) in [5.41, 5.74) is 6.91. The van der Waals surface area contributed by atoms with Crippen molar-refractivity contribution in [3.8, 4) is 5.75 Å². The average molecular weight is 303 g/mol. The van der Waals surface area contributed by atoms with Crippen molar-refractivity contribution >= 4 is 28.6 Å². The van der Waals surface area contributed by atoms with Gasteiger partial charge in [0.05, 0.1) is 24.2 Å². The number of hydrogen-bond donors (Lipinski definition) is 3. The molecule has 1 heterocycles. The first-order chi connectivity index (χ1) is 10.2. The van der Waals surface area contributed by atoms with Crippen molar-refractivity contribution in [1.29, 1.82) is 0 Å². The van der Waals surface area contributed by atoms with E-state index in [0.29, 0.717) is 5.70 Å². The number of carbonyl (C=O) groups excluding carboxylic acids is 1. The number of anilines is 1. The van der Waals surface area contributed by atoms with Crippen molar-refractivity contribution < 1.29 is 9.53 Å². The molecule has 110 valence electrons. The predicted octanol–water partition coefficient (Wildman–Crippen LogP) is 2.46. The number of hydrazine groups is 1. The molecule has 2 aromatic rings. The molecule has 5 nitrogen and oxygen atoms in total. The van der Waals surface area contributed by atoms with E-state index in [1.807, 2.05) is 41.8 Å². The third-order valence-electron chi connectivity index (χ3n) is 2.71. The van der Waals surface area contributed by atoms with Crippen LogP contribution >= 0.6 is 11.3 Å². The highest BCUT2D eigenvalue weighted by atomic mass is 32.1. The summed E-state index contributed by atoms with van der Waals surface area (Å²) < 4.78 is 5.07. The van der Waals surface area contributed by atoms with Gasteiger partial charge in [0.1, 0.15) is 5.75 Å². The van der Waals surface area contributed by atoms with Gasteiger partial charge < -0.3 is 10.1 Å². The van der Waals surface area contributed by atoms with Gasteiger partial charge in [0.2, 0.25) is 0 Å². The molecule has 1 amide bonds. The van der Waals surface area contributed by atoms with E-state index in [4.69, 9.17) is 4.74 Å². The Morgan fingerprint density at radius 2 is 2.00 bits per heavy atom. The maximum absolute atomic E-state index is 11.7. The smallest absolute Gasteiger partial charge is 0.257 e. The summed E-state index contributed by atoms with van der Waals surface area (Å²) >= 11 is 1.56. The van der Waals surface area contributed by atoms with E-state index in [9.17, 15) is 4.79 Å². The number of rotatable bonds is 7. The highest BCUT2D eigenvalue weighted by Gasteiger charge is 2.03. The van der Waals surface area contributed by atoms with Gasteiger partial charge in [-0.05, 0) is 35.7 Å². The van der Waals surface area contributed by atoms with Crippen molar-refractivity contribution in [2.45, 2.75) is 0 Å². The summed E-state index contributed by atoms with van der Waals surface area (Å²) in [6.07, 6.45) is 0. The molecule has 0 unspecified atom stereocenters. The van der Waals surface area contributed by atoms with Crippen LogP contribution in [0.15, 0.2) is 48.4 Å². The van der Waals surface area contributed by atoms with Crippen molar-refractivity contribution in [2.24, 2.45) is 0 Å². The third kappa shape index (κ3) is 4.54. The Morgan fingerprint density at radius 3 is 2.62 bits per heavy atom. The fourth-order valence-electron chi connectivity index (χ4n) is 1.59. The molecule has 0 radical (unpaired) electrons. The molecule has 0 aliphatic rings. The summed E-state index contributed by atoms with van der Waals surface area (Å²) in [5.74, 6) is 0.599. The van der Waals surface area contributed by atoms with E-state index in [1.165, 1.54) is 0 Å². The van der Waals surface area contributed by atoms with Crippen LogP contribution in [0.25, 0.3) is 5.70 Å². The first-order valence-corrected chi connectivity index (χ1v) is 7.22. The molecule has 0 atom stereocenters. The Balaban J connectivity index is 1.73. The van der Waals surface area contributed by atoms with Crippen LogP contribution < -0.4 is 20.9 Å². The second kappa shape index (κ2) is 7.35. The van der Waals surface area contributed by atoms with E-state index in [0.717, 1.165) is 16.3 Å². The summed E-state index contributed by atoms with van der Waals surface area (Å²) in [4.78, 5) is 12.7. The molecule has 0 saturated heterocycles. The zero-order valence-electron chi connectivity index (χ0n) is 11.7. The molecule has 0 aliphatic carbocycles. The molecular weight excluding hydrogens is 286 g/mol. The zero-order valence-corrected chi connectivity index (χ0v) is 12.5. The minimum absolute atomic E-state index is 0.164. The second-order valence-corrected chi connectivity index (χ2v) is 5.16. The Morgan fingerprint density at radius 1 is 1.24 bits per heavy atom. The minimum atomic E-state index is -0.177. The Bertz CT molecular complexity index is 594. The van der Waals surface area contributed by atoms with Gasteiger partial charge in [0.15, 0.2) is 0 Å². The lowest BCUT2D eigenvalue weighted by Crippen LogP contribution is -2.39. The molecule has 2 rings (SSSR count). The first-order valence-electron chi connectivity index (χ1n) is 6.34. The van der Waals surface area contributed by atoms with Crippen molar-refractivity contribution in [1.82, 2.24) is 10.9 Å². The number of thiophene rings is 1. The number of carbonyl (C=O) groups is 1. The lowest BCUT2D eigenvalue weighted by molar-refractivity contribution is -0.120. The number of nitrogens with one attached hydrogen (secondary N) is 3. The van der Waals surface area contributed by atoms with Gasteiger partial charge in [-0.15, -0.1) is 11.3 Å². The fraction of sp³-hybridized carbons (Fsp3) is 0.133. The van der Waals surface area contributed by atoms with Gasteiger partial charge in [-0.25, -0.2) is 0 Å². The summed E-state index contributed by atoms with van der Waals surface area (Å²) in [6, 6.07) is 11.2. The maximum Gasteiger partial charge on any atom is 0.257 e. The Hall–Kier alpha value is -2.47. The minimum Gasteiger partial charge on any atom is -0.497 e. The monoisotopic (exact) mass is 303 g/mol. The van der Waals surface area contributed by atoms with E-state index in [2.05, 4.69) is 22.7 Å². The lowest BCUT2D eigenvalue weighted by atomic mass is 10.3. The van der Waals surface area contributed by atoms with Crippen LogP contribution in [0, 0.1) is 0 Å². The van der Waals surface area contributed by atoms with Crippen LogP contribution in [0.3, 0.4) is 0 Å². The molecular formula is C15H17N3O2S. The molecule has 3 N–H and O–H groups in total. The predicted molar refractivity (Wildman–Crippen MR) is 86.1 cm³/mol. The third-order valence-corrected chi connectivity index (χ3v) is 3.64. The Kier molecular flexibility index (Phi) is 5.22. The van der Waals surface area contributed by atoms with Gasteiger partial charge in [-0.1, -0.05) is 12.6 Å². The van der Waals surface area contributed by atoms with Gasteiger partial charge in [-0.3, -0.25) is 15.6 Å². The number of methoxy groups -OCH3 is 1.